The number of nitrogens with two attached hydrogens (primary N) is 1. The second-order valence-electron chi connectivity index (χ2n) is 5.02. The Morgan fingerprint density at radius 2 is 2.14 bits per heavy atom. The van der Waals surface area contributed by atoms with Crippen LogP contribution < -0.4 is 5.73 Å². The third kappa shape index (κ3) is 2.46. The van der Waals surface area contributed by atoms with E-state index in [1.165, 1.54) is 27.4 Å². The number of benzene rings is 1. The van der Waals surface area contributed by atoms with Gasteiger partial charge in [-0.2, -0.15) is 4.31 Å². The molecule has 4 nitrogen and oxygen atoms in total. The second-order valence-corrected chi connectivity index (χ2v) is 8.32. The number of anilines is 1. The summed E-state index contributed by atoms with van der Waals surface area (Å²) >= 11 is 7.64. The zero-order chi connectivity index (χ0) is 15.2. The van der Waals surface area contributed by atoms with Gasteiger partial charge in [0.2, 0.25) is 10.0 Å². The highest BCUT2D eigenvalue weighted by Gasteiger charge is 2.34. The van der Waals surface area contributed by atoms with Gasteiger partial charge < -0.3 is 5.73 Å². The highest BCUT2D eigenvalue weighted by molar-refractivity contribution is 7.89. The van der Waals surface area contributed by atoms with Crippen LogP contribution in [0.1, 0.15) is 23.4 Å². The predicted octanol–water partition coefficient (Wildman–Crippen LogP) is 3.29. The van der Waals surface area contributed by atoms with E-state index < -0.39 is 10.0 Å². The lowest BCUT2D eigenvalue weighted by Gasteiger charge is -2.32. The summed E-state index contributed by atoms with van der Waals surface area (Å²) in [5, 5.41) is 2.27. The summed E-state index contributed by atoms with van der Waals surface area (Å²) < 4.78 is 27.2. The molecule has 0 radical (unpaired) electrons. The van der Waals surface area contributed by atoms with Crippen LogP contribution in [0.2, 0.25) is 5.02 Å². The van der Waals surface area contributed by atoms with Gasteiger partial charge >= 0.3 is 0 Å². The maximum absolute atomic E-state index is 12.8. The maximum Gasteiger partial charge on any atom is 0.243 e. The van der Waals surface area contributed by atoms with Gasteiger partial charge in [0.05, 0.1) is 15.6 Å². The maximum atomic E-state index is 12.8. The zero-order valence-electron chi connectivity index (χ0n) is 11.4. The second kappa shape index (κ2) is 5.28. The van der Waals surface area contributed by atoms with Crippen molar-refractivity contribution in [3.05, 3.63) is 45.1 Å². The Kier molecular flexibility index (Phi) is 3.73. The molecule has 2 N–H and O–H groups in total. The van der Waals surface area contributed by atoms with Crippen LogP contribution in [-0.4, -0.2) is 19.3 Å². The lowest BCUT2D eigenvalue weighted by Crippen LogP contribution is -2.38. The molecule has 0 fully saturated rings. The molecule has 0 amide bonds. The van der Waals surface area contributed by atoms with Crippen molar-refractivity contribution in [2.75, 3.05) is 12.3 Å². The number of rotatable bonds is 2. The largest absolute Gasteiger partial charge is 0.398 e. The molecule has 0 saturated heterocycles. The van der Waals surface area contributed by atoms with Gasteiger partial charge in [0.25, 0.3) is 0 Å². The Labute approximate surface area is 133 Å². The summed E-state index contributed by atoms with van der Waals surface area (Å²) in [6.07, 6.45) is 0.749. The molecular formula is C14H15ClN2O2S2. The molecule has 112 valence electrons. The smallest absolute Gasteiger partial charge is 0.243 e. The molecule has 1 aromatic carbocycles. The van der Waals surface area contributed by atoms with Crippen molar-refractivity contribution < 1.29 is 8.42 Å². The van der Waals surface area contributed by atoms with Gasteiger partial charge in [-0.25, -0.2) is 8.42 Å². The summed E-state index contributed by atoms with van der Waals surface area (Å²) in [6.45, 7) is 2.40. The number of halogens is 1. The Hall–Kier alpha value is -1.08. The minimum Gasteiger partial charge on any atom is -0.398 e. The molecule has 7 heteroatoms. The number of hydrogen-bond acceptors (Lipinski definition) is 4. The van der Waals surface area contributed by atoms with Crippen LogP contribution in [0.5, 0.6) is 0 Å². The van der Waals surface area contributed by atoms with E-state index in [-0.39, 0.29) is 16.0 Å². The highest BCUT2D eigenvalue weighted by atomic mass is 35.5. The molecule has 1 unspecified atom stereocenters. The van der Waals surface area contributed by atoms with E-state index in [0.717, 1.165) is 12.0 Å². The van der Waals surface area contributed by atoms with E-state index in [9.17, 15) is 8.42 Å². The number of fused-ring (bicyclic) bond motifs is 1. The lowest BCUT2D eigenvalue weighted by molar-refractivity contribution is 0.329. The van der Waals surface area contributed by atoms with Crippen molar-refractivity contribution in [1.82, 2.24) is 4.31 Å². The van der Waals surface area contributed by atoms with E-state index in [2.05, 4.69) is 0 Å². The van der Waals surface area contributed by atoms with Crippen LogP contribution in [0.15, 0.2) is 34.5 Å². The van der Waals surface area contributed by atoms with Crippen molar-refractivity contribution in [3.8, 4) is 0 Å². The van der Waals surface area contributed by atoms with Gasteiger partial charge in [0.1, 0.15) is 0 Å². The highest BCUT2D eigenvalue weighted by Crippen LogP contribution is 2.36. The number of hydrogen-bond donors (Lipinski definition) is 1. The van der Waals surface area contributed by atoms with E-state index in [0.29, 0.717) is 12.2 Å². The number of thiophene rings is 1. The van der Waals surface area contributed by atoms with Crippen LogP contribution in [0.25, 0.3) is 0 Å². The molecule has 0 aliphatic carbocycles. The van der Waals surface area contributed by atoms with E-state index >= 15 is 0 Å². The summed E-state index contributed by atoms with van der Waals surface area (Å²) in [4.78, 5) is 1.46. The fourth-order valence-electron chi connectivity index (χ4n) is 2.62. The standard InChI is InChI=1S/C14H15ClN2O2S2/c1-9-11-5-7-20-14(11)4-6-17(9)21(18,19)10-2-3-13(16)12(15)8-10/h2-3,5,7-9H,4,6,16H2,1H3. The number of nitrogen functional groups attached to an aromatic ring is 1. The first-order valence-electron chi connectivity index (χ1n) is 6.54. The van der Waals surface area contributed by atoms with Gasteiger partial charge in [0.15, 0.2) is 0 Å². The Morgan fingerprint density at radius 3 is 2.86 bits per heavy atom. The van der Waals surface area contributed by atoms with Crippen molar-refractivity contribution in [2.24, 2.45) is 0 Å². The van der Waals surface area contributed by atoms with Gasteiger partial charge in [-0.3, -0.25) is 0 Å². The van der Waals surface area contributed by atoms with E-state index in [4.69, 9.17) is 17.3 Å². The summed E-state index contributed by atoms with van der Waals surface area (Å²) in [5.41, 5.74) is 7.12. The fourth-order valence-corrected chi connectivity index (χ4v) is 5.47. The molecule has 1 atom stereocenters. The average molecular weight is 343 g/mol. The molecule has 2 heterocycles. The minimum atomic E-state index is -3.57. The third-order valence-electron chi connectivity index (χ3n) is 3.80. The Balaban J connectivity index is 2.01. The molecule has 0 bridgehead atoms. The Bertz CT molecular complexity index is 786. The summed E-state index contributed by atoms with van der Waals surface area (Å²) in [7, 11) is -3.57. The summed E-state index contributed by atoms with van der Waals surface area (Å²) in [6, 6.07) is 6.29. The van der Waals surface area contributed by atoms with Crippen molar-refractivity contribution in [3.63, 3.8) is 0 Å². The van der Waals surface area contributed by atoms with Gasteiger partial charge in [-0.15, -0.1) is 11.3 Å². The molecular weight excluding hydrogens is 328 g/mol. The number of nitrogens with zero attached hydrogens (tertiary/aromatic N) is 1. The van der Waals surface area contributed by atoms with E-state index in [1.807, 2.05) is 18.4 Å². The van der Waals surface area contributed by atoms with Crippen molar-refractivity contribution in [2.45, 2.75) is 24.3 Å². The monoisotopic (exact) mass is 342 g/mol. The Morgan fingerprint density at radius 1 is 1.38 bits per heavy atom. The summed E-state index contributed by atoms with van der Waals surface area (Å²) in [5.74, 6) is 0. The fraction of sp³-hybridized carbons (Fsp3) is 0.286. The normalized spacial score (nSPS) is 19.4. The quantitative estimate of drug-likeness (QED) is 0.852. The van der Waals surface area contributed by atoms with Crippen LogP contribution in [0.3, 0.4) is 0 Å². The average Bonchev–Trinajstić information content (AvgIpc) is 2.91. The van der Waals surface area contributed by atoms with Crippen LogP contribution in [-0.2, 0) is 16.4 Å². The van der Waals surface area contributed by atoms with Gasteiger partial charge in [-0.05, 0) is 48.6 Å². The first kappa shape index (κ1) is 14.8. The van der Waals surface area contributed by atoms with Crippen molar-refractivity contribution >= 4 is 38.6 Å². The SMILES string of the molecule is CC1c2ccsc2CCN1S(=O)(=O)c1ccc(N)c(Cl)c1. The first-order chi connectivity index (χ1) is 9.91. The molecule has 1 aromatic heterocycles. The molecule has 21 heavy (non-hydrogen) atoms. The van der Waals surface area contributed by atoms with Crippen molar-refractivity contribution in [1.29, 1.82) is 0 Å². The molecule has 3 rings (SSSR count). The van der Waals surface area contributed by atoms with Gasteiger partial charge in [0, 0.05) is 17.5 Å². The third-order valence-corrected chi connectivity index (χ3v) is 7.09. The molecule has 1 aliphatic heterocycles. The minimum absolute atomic E-state index is 0.165. The zero-order valence-corrected chi connectivity index (χ0v) is 13.8. The first-order valence-corrected chi connectivity index (χ1v) is 9.24. The van der Waals surface area contributed by atoms with Gasteiger partial charge in [-0.1, -0.05) is 11.6 Å². The topological polar surface area (TPSA) is 63.4 Å². The molecule has 0 saturated carbocycles. The van der Waals surface area contributed by atoms with E-state index in [1.54, 1.807) is 11.3 Å². The number of sulfonamides is 1. The van der Waals surface area contributed by atoms with Crippen LogP contribution in [0, 0.1) is 0 Å². The predicted molar refractivity (Wildman–Crippen MR) is 86.2 cm³/mol. The molecule has 2 aromatic rings. The van der Waals surface area contributed by atoms with Crippen LogP contribution >= 0.6 is 22.9 Å². The van der Waals surface area contributed by atoms with Crippen LogP contribution in [0.4, 0.5) is 5.69 Å². The molecule has 0 spiro atoms. The lowest BCUT2D eigenvalue weighted by atomic mass is 10.0. The molecule has 1 aliphatic rings.